The molecule has 4 aliphatic rings. The summed E-state index contributed by atoms with van der Waals surface area (Å²) in [4.78, 5) is 13.1. The van der Waals surface area contributed by atoms with E-state index in [4.69, 9.17) is 10.1 Å². The molecule has 3 saturated carbocycles. The zero-order valence-electron chi connectivity index (χ0n) is 14.1. The lowest BCUT2D eigenvalue weighted by Gasteiger charge is -2.58. The Kier molecular flexibility index (Phi) is 3.11. The molecule has 2 spiro atoms. The fourth-order valence-electron chi connectivity index (χ4n) is 6.41. The first-order chi connectivity index (χ1) is 12.0. The van der Waals surface area contributed by atoms with Crippen LogP contribution in [0.15, 0.2) is 0 Å². The number of nitriles is 3. The molecule has 4 atom stereocenters. The van der Waals surface area contributed by atoms with Gasteiger partial charge >= 0.3 is 0 Å². The average Bonchev–Trinajstić information content (AvgIpc) is 2.78. The van der Waals surface area contributed by atoms with Crippen LogP contribution in [-0.2, 0) is 9.53 Å². The summed E-state index contributed by atoms with van der Waals surface area (Å²) in [5, 5.41) is 39.1. The van der Waals surface area contributed by atoms with Gasteiger partial charge in [-0.25, -0.2) is 0 Å². The van der Waals surface area contributed by atoms with Gasteiger partial charge in [0.15, 0.2) is 5.41 Å². The van der Waals surface area contributed by atoms with E-state index in [-0.39, 0.29) is 17.6 Å². The first kappa shape index (κ1) is 16.1. The van der Waals surface area contributed by atoms with Gasteiger partial charge in [-0.15, -0.1) is 0 Å². The molecule has 6 nitrogen and oxygen atoms in total. The van der Waals surface area contributed by atoms with Crippen LogP contribution in [0.5, 0.6) is 0 Å². The SMILES string of the molecule is N#CC1(C#N)[C@]2(C#N)C(=N)O[C@@]13CCCC[C@@H]3C[C@@]21CCCCC1=O. The number of carbonyl (C=O) groups excluding carboxylic acids is 1. The summed E-state index contributed by atoms with van der Waals surface area (Å²) in [6, 6.07) is 6.42. The number of hydrogen-bond donors (Lipinski definition) is 1. The summed E-state index contributed by atoms with van der Waals surface area (Å²) in [5.74, 6) is -0.519. The molecule has 0 amide bonds. The number of hydrogen-bond acceptors (Lipinski definition) is 6. The second-order valence-electron chi connectivity index (χ2n) is 8.02. The maximum atomic E-state index is 13.1. The number of nitrogens with zero attached hydrogens (tertiary/aromatic N) is 3. The molecule has 1 aliphatic heterocycles. The van der Waals surface area contributed by atoms with Crippen LogP contribution in [0, 0.1) is 61.6 Å². The highest BCUT2D eigenvalue weighted by atomic mass is 16.5. The van der Waals surface area contributed by atoms with Crippen molar-refractivity contribution in [3.8, 4) is 18.2 Å². The smallest absolute Gasteiger partial charge is 0.211 e. The maximum Gasteiger partial charge on any atom is 0.211 e. The maximum absolute atomic E-state index is 13.1. The van der Waals surface area contributed by atoms with E-state index < -0.39 is 21.8 Å². The Hall–Kier alpha value is -2.39. The summed E-state index contributed by atoms with van der Waals surface area (Å²) < 4.78 is 6.01. The molecule has 0 aromatic rings. The van der Waals surface area contributed by atoms with Gasteiger partial charge in [-0.1, -0.05) is 12.8 Å². The summed E-state index contributed by atoms with van der Waals surface area (Å²) in [6.07, 6.45) is 5.84. The van der Waals surface area contributed by atoms with E-state index in [1.54, 1.807) is 0 Å². The third kappa shape index (κ3) is 1.38. The van der Waals surface area contributed by atoms with Crippen molar-refractivity contribution in [1.29, 1.82) is 21.2 Å². The van der Waals surface area contributed by atoms with Gasteiger partial charge in [0.05, 0.1) is 23.6 Å². The van der Waals surface area contributed by atoms with Gasteiger partial charge in [-0.2, -0.15) is 15.8 Å². The lowest BCUT2D eigenvalue weighted by Crippen LogP contribution is -2.68. The summed E-state index contributed by atoms with van der Waals surface area (Å²) >= 11 is 0. The highest BCUT2D eigenvalue weighted by molar-refractivity contribution is 6.00. The fraction of sp³-hybridized carbons (Fsp3) is 0.737. The largest absolute Gasteiger partial charge is 0.470 e. The minimum atomic E-state index is -1.79. The standard InChI is InChI=1S/C19H20N4O2/c20-10-17(11-21)18(12-22)15(23)25-19(17)8-4-1-5-13(19)9-16(18)7-3-2-6-14(16)24/h13,23H,1-9H2/t13-,16-,18-,19-/m1/s1. The Morgan fingerprint density at radius 2 is 1.76 bits per heavy atom. The molecule has 4 fully saturated rings. The number of carbonyl (C=O) groups is 1. The minimum Gasteiger partial charge on any atom is -0.470 e. The quantitative estimate of drug-likeness (QED) is 0.728. The van der Waals surface area contributed by atoms with Gasteiger partial charge in [0.2, 0.25) is 11.3 Å². The molecule has 1 N–H and O–H groups in total. The Morgan fingerprint density at radius 1 is 1.04 bits per heavy atom. The summed E-state index contributed by atoms with van der Waals surface area (Å²) in [5.41, 5.74) is -5.83. The van der Waals surface area contributed by atoms with Crippen LogP contribution in [-0.4, -0.2) is 17.3 Å². The van der Waals surface area contributed by atoms with Gasteiger partial charge in [0.1, 0.15) is 11.4 Å². The highest BCUT2D eigenvalue weighted by Gasteiger charge is 2.87. The average molecular weight is 336 g/mol. The number of ketones is 1. The van der Waals surface area contributed by atoms with E-state index in [2.05, 4.69) is 18.2 Å². The van der Waals surface area contributed by atoms with Crippen LogP contribution in [0.1, 0.15) is 57.8 Å². The number of nitrogens with one attached hydrogen (secondary N) is 1. The topological polar surface area (TPSA) is 122 Å². The predicted octanol–water partition coefficient (Wildman–Crippen LogP) is 3.00. The van der Waals surface area contributed by atoms with Crippen LogP contribution >= 0.6 is 0 Å². The van der Waals surface area contributed by atoms with Gasteiger partial charge < -0.3 is 4.74 Å². The van der Waals surface area contributed by atoms with Crippen molar-refractivity contribution in [3.05, 3.63) is 0 Å². The van der Waals surface area contributed by atoms with Crippen LogP contribution in [0.2, 0.25) is 0 Å². The third-order valence-electron chi connectivity index (χ3n) is 7.44. The molecule has 4 rings (SSSR count). The van der Waals surface area contributed by atoms with Crippen LogP contribution in [0.25, 0.3) is 0 Å². The Bertz CT molecular complexity index is 786. The molecule has 3 aliphatic carbocycles. The minimum absolute atomic E-state index is 0.0652. The van der Waals surface area contributed by atoms with E-state index in [0.29, 0.717) is 25.7 Å². The summed E-state index contributed by atoms with van der Waals surface area (Å²) in [6.45, 7) is 0. The molecule has 0 radical (unpaired) electrons. The highest BCUT2D eigenvalue weighted by Crippen LogP contribution is 2.75. The van der Waals surface area contributed by atoms with Crippen molar-refractivity contribution in [2.45, 2.75) is 63.4 Å². The number of Topliss-reactive ketones (excluding diaryl/α,β-unsaturated/α-hetero) is 1. The monoisotopic (exact) mass is 336 g/mol. The molecule has 1 heterocycles. The van der Waals surface area contributed by atoms with Crippen molar-refractivity contribution in [2.24, 2.45) is 22.2 Å². The van der Waals surface area contributed by atoms with E-state index in [0.717, 1.165) is 32.1 Å². The third-order valence-corrected chi connectivity index (χ3v) is 7.44. The normalized spacial score (nSPS) is 44.1. The number of ether oxygens (including phenoxy) is 1. The predicted molar refractivity (Wildman–Crippen MR) is 85.7 cm³/mol. The molecular weight excluding hydrogens is 316 g/mol. The molecule has 2 bridgehead atoms. The van der Waals surface area contributed by atoms with Crippen molar-refractivity contribution in [1.82, 2.24) is 0 Å². The molecule has 1 saturated heterocycles. The second kappa shape index (κ2) is 4.83. The van der Waals surface area contributed by atoms with E-state index in [1.807, 2.05) is 0 Å². The van der Waals surface area contributed by atoms with Crippen molar-refractivity contribution >= 4 is 11.7 Å². The second-order valence-corrected chi connectivity index (χ2v) is 8.02. The van der Waals surface area contributed by atoms with Crippen molar-refractivity contribution < 1.29 is 9.53 Å². The van der Waals surface area contributed by atoms with Crippen LogP contribution in [0.3, 0.4) is 0 Å². The van der Waals surface area contributed by atoms with E-state index >= 15 is 0 Å². The molecule has 0 aromatic carbocycles. The zero-order chi connectivity index (χ0) is 17.9. The van der Waals surface area contributed by atoms with Gasteiger partial charge in [-0.3, -0.25) is 10.2 Å². The van der Waals surface area contributed by atoms with Gasteiger partial charge in [0.25, 0.3) is 0 Å². The van der Waals surface area contributed by atoms with Crippen molar-refractivity contribution in [2.75, 3.05) is 0 Å². The van der Waals surface area contributed by atoms with Crippen LogP contribution in [0.4, 0.5) is 0 Å². The molecule has 25 heavy (non-hydrogen) atoms. The van der Waals surface area contributed by atoms with Crippen molar-refractivity contribution in [3.63, 3.8) is 0 Å². The lowest BCUT2D eigenvalue weighted by atomic mass is 9.37. The Labute approximate surface area is 146 Å². The first-order valence-corrected chi connectivity index (χ1v) is 9.05. The van der Waals surface area contributed by atoms with Gasteiger partial charge in [-0.05, 0) is 38.5 Å². The molecule has 128 valence electrons. The molecule has 0 unspecified atom stereocenters. The summed E-state index contributed by atoms with van der Waals surface area (Å²) in [7, 11) is 0. The van der Waals surface area contributed by atoms with E-state index in [9.17, 15) is 20.6 Å². The molecule has 0 aromatic heterocycles. The molecule has 6 heteroatoms. The van der Waals surface area contributed by atoms with Crippen LogP contribution < -0.4 is 0 Å². The van der Waals surface area contributed by atoms with Gasteiger partial charge in [0, 0.05) is 12.3 Å². The number of rotatable bonds is 0. The Balaban J connectivity index is 2.08. The Morgan fingerprint density at radius 3 is 2.40 bits per heavy atom. The molecular formula is C19H20N4O2. The zero-order valence-corrected chi connectivity index (χ0v) is 14.1. The lowest BCUT2D eigenvalue weighted by molar-refractivity contribution is -0.163. The number of fused-ring (bicyclic) bond motifs is 2. The first-order valence-electron chi connectivity index (χ1n) is 9.05. The van der Waals surface area contributed by atoms with E-state index in [1.165, 1.54) is 0 Å². The fourth-order valence-corrected chi connectivity index (χ4v) is 6.41.